The van der Waals surface area contributed by atoms with Crippen molar-refractivity contribution in [2.75, 3.05) is 13.2 Å². The van der Waals surface area contributed by atoms with E-state index in [1.165, 1.54) is 0 Å². The van der Waals surface area contributed by atoms with Crippen molar-refractivity contribution in [3.8, 4) is 11.5 Å². The Balaban J connectivity index is 1.31. The maximum Gasteiger partial charge on any atom is 0.308 e. The van der Waals surface area contributed by atoms with E-state index in [0.717, 1.165) is 0 Å². The SMILES string of the molecule is O=C(COC(=O)C[C@H](NC(=O)c1ccccc1Cl)c1ccccc1)NC(=O)[C@H]1COc2ccccc2O1. The number of nitrogens with one attached hydrogen (secondary N) is 2. The molecule has 0 saturated heterocycles. The second-order valence-corrected chi connectivity index (χ2v) is 8.47. The van der Waals surface area contributed by atoms with E-state index in [4.69, 9.17) is 25.8 Å². The molecule has 3 aromatic rings. The third-order valence-electron chi connectivity index (χ3n) is 5.42. The van der Waals surface area contributed by atoms with Crippen molar-refractivity contribution >= 4 is 35.3 Å². The smallest absolute Gasteiger partial charge is 0.308 e. The molecule has 190 valence electrons. The van der Waals surface area contributed by atoms with Gasteiger partial charge in [-0.3, -0.25) is 24.5 Å². The number of benzene rings is 3. The Kier molecular flexibility index (Phi) is 8.37. The number of imide groups is 1. The monoisotopic (exact) mass is 522 g/mol. The van der Waals surface area contributed by atoms with E-state index >= 15 is 0 Å². The molecule has 0 spiro atoms. The fourth-order valence-corrected chi connectivity index (χ4v) is 3.81. The van der Waals surface area contributed by atoms with E-state index in [1.54, 1.807) is 78.9 Å². The average molecular weight is 523 g/mol. The van der Waals surface area contributed by atoms with E-state index in [0.29, 0.717) is 17.1 Å². The van der Waals surface area contributed by atoms with Crippen LogP contribution < -0.4 is 20.1 Å². The van der Waals surface area contributed by atoms with Crippen molar-refractivity contribution in [2.24, 2.45) is 0 Å². The molecule has 2 N–H and O–H groups in total. The Labute approximate surface area is 217 Å². The maximum absolute atomic E-state index is 12.8. The molecule has 0 saturated carbocycles. The largest absolute Gasteiger partial charge is 0.485 e. The van der Waals surface area contributed by atoms with Gasteiger partial charge in [0.15, 0.2) is 18.1 Å². The summed E-state index contributed by atoms with van der Waals surface area (Å²) >= 11 is 6.12. The lowest BCUT2D eigenvalue weighted by Gasteiger charge is -2.25. The summed E-state index contributed by atoms with van der Waals surface area (Å²) in [5.74, 6) is -1.86. The van der Waals surface area contributed by atoms with Crippen LogP contribution in [0, 0.1) is 0 Å². The first-order valence-electron chi connectivity index (χ1n) is 11.4. The topological polar surface area (TPSA) is 120 Å². The maximum atomic E-state index is 12.8. The zero-order chi connectivity index (χ0) is 26.2. The number of carbonyl (C=O) groups is 4. The normalized spacial score (nSPS) is 14.7. The van der Waals surface area contributed by atoms with Gasteiger partial charge in [0, 0.05) is 0 Å². The number of para-hydroxylation sites is 2. The molecule has 2 atom stereocenters. The quantitative estimate of drug-likeness (QED) is 0.436. The first-order valence-corrected chi connectivity index (χ1v) is 11.8. The van der Waals surface area contributed by atoms with Gasteiger partial charge >= 0.3 is 5.97 Å². The molecule has 37 heavy (non-hydrogen) atoms. The minimum atomic E-state index is -1.03. The molecule has 9 nitrogen and oxygen atoms in total. The van der Waals surface area contributed by atoms with Crippen molar-refractivity contribution in [1.29, 1.82) is 0 Å². The fourth-order valence-electron chi connectivity index (χ4n) is 3.59. The number of hydrogen-bond donors (Lipinski definition) is 2. The fraction of sp³-hybridized carbons (Fsp3) is 0.185. The lowest BCUT2D eigenvalue weighted by atomic mass is 10.0. The first kappa shape index (κ1) is 25.7. The van der Waals surface area contributed by atoms with E-state index in [-0.39, 0.29) is 23.6 Å². The Morgan fingerprint density at radius 3 is 2.35 bits per heavy atom. The van der Waals surface area contributed by atoms with Gasteiger partial charge in [0.1, 0.15) is 6.61 Å². The number of ether oxygens (including phenoxy) is 3. The Hall–Kier alpha value is -4.37. The summed E-state index contributed by atoms with van der Waals surface area (Å²) in [6, 6.07) is 21.5. The van der Waals surface area contributed by atoms with E-state index in [2.05, 4.69) is 10.6 Å². The highest BCUT2D eigenvalue weighted by Crippen LogP contribution is 2.30. The number of hydrogen-bond acceptors (Lipinski definition) is 7. The summed E-state index contributed by atoms with van der Waals surface area (Å²) in [5, 5.41) is 5.19. The molecule has 10 heteroatoms. The molecule has 1 aliphatic heterocycles. The van der Waals surface area contributed by atoms with Crippen LogP contribution in [0.3, 0.4) is 0 Å². The zero-order valence-corrected chi connectivity index (χ0v) is 20.3. The lowest BCUT2D eigenvalue weighted by molar-refractivity contribution is -0.150. The molecule has 0 fully saturated rings. The van der Waals surface area contributed by atoms with Gasteiger partial charge in [-0.05, 0) is 29.8 Å². The number of rotatable bonds is 8. The molecule has 0 aromatic heterocycles. The minimum Gasteiger partial charge on any atom is -0.485 e. The molecule has 3 amide bonds. The highest BCUT2D eigenvalue weighted by atomic mass is 35.5. The molecule has 1 heterocycles. The number of fused-ring (bicyclic) bond motifs is 1. The van der Waals surface area contributed by atoms with Crippen LogP contribution in [-0.4, -0.2) is 43.0 Å². The van der Waals surface area contributed by atoms with Gasteiger partial charge in [0.2, 0.25) is 6.10 Å². The summed E-state index contributed by atoms with van der Waals surface area (Å²) in [7, 11) is 0. The molecule has 0 aliphatic carbocycles. The summed E-state index contributed by atoms with van der Waals surface area (Å²) < 4.78 is 16.1. The molecule has 0 unspecified atom stereocenters. The van der Waals surface area contributed by atoms with Crippen LogP contribution in [0.25, 0.3) is 0 Å². The average Bonchev–Trinajstić information content (AvgIpc) is 2.92. The van der Waals surface area contributed by atoms with Gasteiger partial charge < -0.3 is 19.5 Å². The summed E-state index contributed by atoms with van der Waals surface area (Å²) in [6.45, 7) is -0.755. The van der Waals surface area contributed by atoms with Crippen LogP contribution in [0.5, 0.6) is 11.5 Å². The van der Waals surface area contributed by atoms with Gasteiger partial charge in [-0.15, -0.1) is 0 Å². The summed E-state index contributed by atoms with van der Waals surface area (Å²) in [5.41, 5.74) is 0.919. The van der Waals surface area contributed by atoms with E-state index in [1.807, 2.05) is 0 Å². The van der Waals surface area contributed by atoms with Crippen molar-refractivity contribution < 1.29 is 33.4 Å². The minimum absolute atomic E-state index is 0.0696. The van der Waals surface area contributed by atoms with Gasteiger partial charge in [0.05, 0.1) is 23.0 Å². The van der Waals surface area contributed by atoms with Gasteiger partial charge in [-0.25, -0.2) is 0 Å². The van der Waals surface area contributed by atoms with Crippen molar-refractivity contribution in [3.05, 3.63) is 95.0 Å². The van der Waals surface area contributed by atoms with E-state index < -0.39 is 42.4 Å². The zero-order valence-electron chi connectivity index (χ0n) is 19.5. The van der Waals surface area contributed by atoms with Crippen molar-refractivity contribution in [2.45, 2.75) is 18.6 Å². The first-order chi connectivity index (χ1) is 17.9. The standard InChI is InChI=1S/C27H23ClN2O7/c28-19-11-5-4-10-18(19)26(33)29-20(17-8-2-1-3-9-17)14-25(32)36-16-24(31)30-27(34)23-15-35-21-12-6-7-13-22(21)37-23/h1-13,20,23H,14-16H2,(H,29,33)(H,30,31,34)/t20-,23+/m0/s1. The van der Waals surface area contributed by atoms with Crippen LogP contribution in [0.15, 0.2) is 78.9 Å². The number of esters is 1. The predicted octanol–water partition coefficient (Wildman–Crippen LogP) is 3.23. The molecule has 0 radical (unpaired) electrons. The molecular formula is C27H23ClN2O7. The highest BCUT2D eigenvalue weighted by molar-refractivity contribution is 6.33. The predicted molar refractivity (Wildman–Crippen MR) is 133 cm³/mol. The molecule has 4 rings (SSSR count). The van der Waals surface area contributed by atoms with Crippen LogP contribution in [0.1, 0.15) is 28.4 Å². The summed E-state index contributed by atoms with van der Waals surface area (Å²) in [6.07, 6.45) is -1.28. The Morgan fingerprint density at radius 1 is 0.919 bits per heavy atom. The number of carbonyl (C=O) groups excluding carboxylic acids is 4. The van der Waals surface area contributed by atoms with Crippen LogP contribution in [-0.2, 0) is 19.1 Å². The van der Waals surface area contributed by atoms with Crippen LogP contribution in [0.4, 0.5) is 0 Å². The van der Waals surface area contributed by atoms with Crippen molar-refractivity contribution in [1.82, 2.24) is 10.6 Å². The highest BCUT2D eigenvalue weighted by Gasteiger charge is 2.29. The van der Waals surface area contributed by atoms with Crippen molar-refractivity contribution in [3.63, 3.8) is 0 Å². The van der Waals surface area contributed by atoms with Gasteiger partial charge in [-0.1, -0.05) is 66.2 Å². The lowest BCUT2D eigenvalue weighted by Crippen LogP contribution is -2.47. The number of amides is 3. The molecule has 1 aliphatic rings. The second kappa shape index (κ2) is 12.0. The van der Waals surface area contributed by atoms with Crippen LogP contribution >= 0.6 is 11.6 Å². The molecular weight excluding hydrogens is 500 g/mol. The molecule has 0 bridgehead atoms. The van der Waals surface area contributed by atoms with Gasteiger partial charge in [0.25, 0.3) is 17.7 Å². The number of halogens is 1. The second-order valence-electron chi connectivity index (χ2n) is 8.06. The van der Waals surface area contributed by atoms with Gasteiger partial charge in [-0.2, -0.15) is 0 Å². The molecule has 3 aromatic carbocycles. The van der Waals surface area contributed by atoms with Crippen LogP contribution in [0.2, 0.25) is 5.02 Å². The Morgan fingerprint density at radius 2 is 1.59 bits per heavy atom. The third kappa shape index (κ3) is 6.86. The summed E-state index contributed by atoms with van der Waals surface area (Å²) in [4.78, 5) is 49.9. The Bertz CT molecular complexity index is 1300. The third-order valence-corrected chi connectivity index (χ3v) is 5.75. The van der Waals surface area contributed by atoms with E-state index in [9.17, 15) is 19.2 Å².